The Bertz CT molecular complexity index is 178. The minimum Gasteiger partial charge on any atom is -0.480 e. The summed E-state index contributed by atoms with van der Waals surface area (Å²) in [5.41, 5.74) is 0. The molecule has 1 fully saturated rings. The normalized spacial score (nSPS) is 19.0. The Morgan fingerprint density at radius 3 is 2.62 bits per heavy atom. The van der Waals surface area contributed by atoms with Crippen molar-refractivity contribution in [3.05, 3.63) is 0 Å². The molecule has 4 heteroatoms. The van der Waals surface area contributed by atoms with E-state index in [0.717, 1.165) is 12.8 Å². The number of hydrogen-bond acceptors (Lipinski definition) is 3. The first-order chi connectivity index (χ1) is 6.09. The van der Waals surface area contributed by atoms with Gasteiger partial charge in [-0.05, 0) is 26.7 Å². The number of hydrogen-bond donors (Lipinski definition) is 2. The van der Waals surface area contributed by atoms with E-state index in [1.165, 1.54) is 0 Å². The van der Waals surface area contributed by atoms with Crippen LogP contribution in [0.15, 0.2) is 0 Å². The summed E-state index contributed by atoms with van der Waals surface area (Å²) in [6.45, 7) is 4.05. The van der Waals surface area contributed by atoms with Crippen LogP contribution in [0.1, 0.15) is 26.7 Å². The lowest BCUT2D eigenvalue weighted by atomic mass is 10.3. The molecule has 1 unspecified atom stereocenters. The van der Waals surface area contributed by atoms with Crippen LogP contribution in [0.25, 0.3) is 0 Å². The van der Waals surface area contributed by atoms with E-state index in [1.54, 1.807) is 0 Å². The standard InChI is InChI=1S/C9H17NO3/c1-6(2)13-5-8(9(11)12)10-7-3-4-7/h6-8,10H,3-5H2,1-2H3,(H,11,12). The summed E-state index contributed by atoms with van der Waals surface area (Å²) in [4.78, 5) is 10.7. The molecule has 2 N–H and O–H groups in total. The summed E-state index contributed by atoms with van der Waals surface area (Å²) >= 11 is 0. The van der Waals surface area contributed by atoms with E-state index < -0.39 is 12.0 Å². The van der Waals surface area contributed by atoms with Gasteiger partial charge in [-0.15, -0.1) is 0 Å². The van der Waals surface area contributed by atoms with Gasteiger partial charge in [-0.1, -0.05) is 0 Å². The highest BCUT2D eigenvalue weighted by Gasteiger charge is 2.28. The molecule has 0 aromatic carbocycles. The molecule has 1 aliphatic carbocycles. The van der Waals surface area contributed by atoms with Crippen molar-refractivity contribution in [2.45, 2.75) is 44.9 Å². The molecular weight excluding hydrogens is 170 g/mol. The van der Waals surface area contributed by atoms with Gasteiger partial charge in [-0.3, -0.25) is 10.1 Å². The van der Waals surface area contributed by atoms with Crippen molar-refractivity contribution < 1.29 is 14.6 Å². The zero-order valence-corrected chi connectivity index (χ0v) is 8.12. The van der Waals surface area contributed by atoms with Crippen LogP contribution in [0.4, 0.5) is 0 Å². The van der Waals surface area contributed by atoms with Crippen molar-refractivity contribution in [2.75, 3.05) is 6.61 Å². The first-order valence-corrected chi connectivity index (χ1v) is 4.70. The van der Waals surface area contributed by atoms with E-state index in [9.17, 15) is 4.79 Å². The molecule has 1 rings (SSSR count). The van der Waals surface area contributed by atoms with Gasteiger partial charge in [0.05, 0.1) is 12.7 Å². The van der Waals surface area contributed by atoms with E-state index >= 15 is 0 Å². The Labute approximate surface area is 78.3 Å². The monoisotopic (exact) mass is 187 g/mol. The lowest BCUT2D eigenvalue weighted by Gasteiger charge is -2.15. The zero-order valence-electron chi connectivity index (χ0n) is 8.12. The van der Waals surface area contributed by atoms with Crippen LogP contribution in [-0.4, -0.2) is 35.9 Å². The highest BCUT2D eigenvalue weighted by atomic mass is 16.5. The minimum atomic E-state index is -0.826. The molecule has 1 atom stereocenters. The Balaban J connectivity index is 2.24. The van der Waals surface area contributed by atoms with E-state index in [4.69, 9.17) is 9.84 Å². The van der Waals surface area contributed by atoms with Gasteiger partial charge < -0.3 is 9.84 Å². The van der Waals surface area contributed by atoms with Crippen LogP contribution in [0.2, 0.25) is 0 Å². The van der Waals surface area contributed by atoms with Crippen LogP contribution in [0.5, 0.6) is 0 Å². The first kappa shape index (κ1) is 10.5. The topological polar surface area (TPSA) is 58.6 Å². The fourth-order valence-corrected chi connectivity index (χ4v) is 1.01. The molecule has 0 aromatic heterocycles. The second kappa shape index (κ2) is 4.58. The molecular formula is C9H17NO3. The van der Waals surface area contributed by atoms with Gasteiger partial charge in [0, 0.05) is 6.04 Å². The molecule has 0 saturated heterocycles. The van der Waals surface area contributed by atoms with Gasteiger partial charge in [-0.2, -0.15) is 0 Å². The highest BCUT2D eigenvalue weighted by Crippen LogP contribution is 2.19. The second-order valence-corrected chi connectivity index (χ2v) is 3.71. The molecule has 0 aliphatic heterocycles. The molecule has 0 bridgehead atoms. The van der Waals surface area contributed by atoms with Crippen molar-refractivity contribution >= 4 is 5.97 Å². The van der Waals surface area contributed by atoms with E-state index in [0.29, 0.717) is 6.04 Å². The van der Waals surface area contributed by atoms with Crippen molar-refractivity contribution in [1.82, 2.24) is 5.32 Å². The number of carboxylic acid groups (broad SMARTS) is 1. The quantitative estimate of drug-likeness (QED) is 0.640. The van der Waals surface area contributed by atoms with Crippen molar-refractivity contribution in [3.8, 4) is 0 Å². The summed E-state index contributed by atoms with van der Waals surface area (Å²) < 4.78 is 5.25. The predicted octanol–water partition coefficient (Wildman–Crippen LogP) is 0.617. The lowest BCUT2D eigenvalue weighted by Crippen LogP contribution is -2.42. The number of nitrogens with one attached hydrogen (secondary N) is 1. The summed E-state index contributed by atoms with van der Waals surface area (Å²) in [5.74, 6) is -0.826. The van der Waals surface area contributed by atoms with Crippen LogP contribution >= 0.6 is 0 Å². The molecule has 0 heterocycles. The molecule has 13 heavy (non-hydrogen) atoms. The summed E-state index contributed by atoms with van der Waals surface area (Å²) in [6, 6.07) is -0.147. The Morgan fingerprint density at radius 1 is 1.62 bits per heavy atom. The Hall–Kier alpha value is -0.610. The molecule has 0 spiro atoms. The molecule has 1 aliphatic rings. The van der Waals surface area contributed by atoms with Gasteiger partial charge in [0.25, 0.3) is 0 Å². The predicted molar refractivity (Wildman–Crippen MR) is 48.7 cm³/mol. The Morgan fingerprint density at radius 2 is 2.23 bits per heavy atom. The summed E-state index contributed by atoms with van der Waals surface area (Å²) in [6.07, 6.45) is 2.26. The molecule has 0 aromatic rings. The maximum Gasteiger partial charge on any atom is 0.323 e. The van der Waals surface area contributed by atoms with Crippen molar-refractivity contribution in [3.63, 3.8) is 0 Å². The van der Waals surface area contributed by atoms with E-state index in [1.807, 2.05) is 13.8 Å². The van der Waals surface area contributed by atoms with Gasteiger partial charge in [-0.25, -0.2) is 0 Å². The maximum atomic E-state index is 10.7. The van der Waals surface area contributed by atoms with Crippen LogP contribution in [-0.2, 0) is 9.53 Å². The average molecular weight is 187 g/mol. The lowest BCUT2D eigenvalue weighted by molar-refractivity contribution is -0.141. The third kappa shape index (κ3) is 4.24. The SMILES string of the molecule is CC(C)OCC(NC1CC1)C(=O)O. The number of carboxylic acids is 1. The van der Waals surface area contributed by atoms with Gasteiger partial charge in [0.2, 0.25) is 0 Å². The summed E-state index contributed by atoms with van der Waals surface area (Å²) in [7, 11) is 0. The molecule has 0 radical (unpaired) electrons. The smallest absolute Gasteiger partial charge is 0.323 e. The molecule has 76 valence electrons. The zero-order chi connectivity index (χ0) is 9.84. The van der Waals surface area contributed by atoms with Crippen molar-refractivity contribution in [1.29, 1.82) is 0 Å². The number of rotatable bonds is 6. The minimum absolute atomic E-state index is 0.0860. The number of ether oxygens (including phenoxy) is 1. The third-order valence-corrected chi connectivity index (χ3v) is 1.91. The molecule has 4 nitrogen and oxygen atoms in total. The largest absolute Gasteiger partial charge is 0.480 e. The van der Waals surface area contributed by atoms with E-state index in [2.05, 4.69) is 5.32 Å². The van der Waals surface area contributed by atoms with Crippen LogP contribution in [0, 0.1) is 0 Å². The molecule has 1 saturated carbocycles. The van der Waals surface area contributed by atoms with Crippen LogP contribution < -0.4 is 5.32 Å². The highest BCUT2D eigenvalue weighted by molar-refractivity contribution is 5.73. The second-order valence-electron chi connectivity index (χ2n) is 3.71. The van der Waals surface area contributed by atoms with Gasteiger partial charge in [0.15, 0.2) is 0 Å². The first-order valence-electron chi connectivity index (χ1n) is 4.70. The summed E-state index contributed by atoms with van der Waals surface area (Å²) in [5, 5.41) is 11.8. The Kier molecular flexibility index (Phi) is 3.69. The fourth-order valence-electron chi connectivity index (χ4n) is 1.01. The van der Waals surface area contributed by atoms with Crippen molar-refractivity contribution in [2.24, 2.45) is 0 Å². The fraction of sp³-hybridized carbons (Fsp3) is 0.889. The third-order valence-electron chi connectivity index (χ3n) is 1.91. The number of aliphatic carboxylic acids is 1. The maximum absolute atomic E-state index is 10.7. The van der Waals surface area contributed by atoms with E-state index in [-0.39, 0.29) is 12.7 Å². The average Bonchev–Trinajstić information content (AvgIpc) is 2.80. The molecule has 0 amide bonds. The number of carbonyl (C=O) groups is 1. The van der Waals surface area contributed by atoms with Gasteiger partial charge >= 0.3 is 5.97 Å². The van der Waals surface area contributed by atoms with Gasteiger partial charge in [0.1, 0.15) is 6.04 Å². The van der Waals surface area contributed by atoms with Crippen LogP contribution in [0.3, 0.4) is 0 Å².